The summed E-state index contributed by atoms with van der Waals surface area (Å²) >= 11 is 1.35. The number of halogens is 1. The van der Waals surface area contributed by atoms with Crippen LogP contribution in [0.25, 0.3) is 11.3 Å². The molecule has 34 heavy (non-hydrogen) atoms. The zero-order chi connectivity index (χ0) is 23.7. The van der Waals surface area contributed by atoms with E-state index in [-0.39, 0.29) is 23.6 Å². The molecule has 3 amide bonds. The highest BCUT2D eigenvalue weighted by atomic mass is 32.1. The molecule has 0 spiro atoms. The summed E-state index contributed by atoms with van der Waals surface area (Å²) in [7, 11) is 0. The first-order chi connectivity index (χ1) is 16.5. The van der Waals surface area contributed by atoms with Crippen molar-refractivity contribution in [3.63, 3.8) is 0 Å². The van der Waals surface area contributed by atoms with Gasteiger partial charge in [0.15, 0.2) is 5.13 Å². The van der Waals surface area contributed by atoms with Crippen LogP contribution in [0.4, 0.5) is 15.2 Å². The molecule has 3 heterocycles. The fraction of sp³-hybridized carbons (Fsp3) is 0.280. The highest BCUT2D eigenvalue weighted by Gasteiger charge is 2.29. The lowest BCUT2D eigenvalue weighted by atomic mass is 9.96. The average molecular weight is 479 g/mol. The number of aromatic nitrogens is 1. The van der Waals surface area contributed by atoms with Crippen molar-refractivity contribution in [1.29, 1.82) is 0 Å². The van der Waals surface area contributed by atoms with E-state index in [1.165, 1.54) is 35.6 Å². The molecule has 2 aromatic carbocycles. The zero-order valence-electron chi connectivity index (χ0n) is 18.3. The van der Waals surface area contributed by atoms with Gasteiger partial charge < -0.3 is 15.5 Å². The van der Waals surface area contributed by atoms with Gasteiger partial charge in [-0.05, 0) is 61.2 Å². The van der Waals surface area contributed by atoms with Gasteiger partial charge in [-0.1, -0.05) is 6.07 Å². The normalized spacial score (nSPS) is 17.6. The summed E-state index contributed by atoms with van der Waals surface area (Å²) in [6.45, 7) is 0.886. The predicted octanol–water partition coefficient (Wildman–Crippen LogP) is 4.32. The number of hydrogen-bond acceptors (Lipinski definition) is 5. The minimum absolute atomic E-state index is 0.0274. The predicted molar refractivity (Wildman–Crippen MR) is 128 cm³/mol. The molecule has 0 bridgehead atoms. The molecule has 0 aliphatic carbocycles. The quantitative estimate of drug-likeness (QED) is 0.584. The first kappa shape index (κ1) is 22.2. The van der Waals surface area contributed by atoms with E-state index in [4.69, 9.17) is 0 Å². The lowest BCUT2D eigenvalue weighted by molar-refractivity contribution is -0.121. The Morgan fingerprint density at radius 1 is 1.15 bits per heavy atom. The molecule has 2 N–H and O–H groups in total. The molecule has 1 aromatic heterocycles. The van der Waals surface area contributed by atoms with Crippen LogP contribution in [0.2, 0.25) is 0 Å². The number of aryl methyl sites for hydroxylation is 1. The monoisotopic (exact) mass is 478 g/mol. The lowest BCUT2D eigenvalue weighted by Crippen LogP contribution is -2.43. The molecule has 5 rings (SSSR count). The number of carbonyl (C=O) groups is 3. The summed E-state index contributed by atoms with van der Waals surface area (Å²) in [6, 6.07) is 11.3. The van der Waals surface area contributed by atoms with Gasteiger partial charge in [0, 0.05) is 41.7 Å². The number of thiazole rings is 1. The number of nitrogens with zero attached hydrogens (tertiary/aromatic N) is 2. The SMILES string of the molecule is O=C1CCc2cc(-c3csc(NC(=O)C4CCCN(C(=O)c5ccc(F)cc5)C4)n3)ccc2N1. The van der Waals surface area contributed by atoms with E-state index >= 15 is 0 Å². The number of amides is 3. The summed E-state index contributed by atoms with van der Waals surface area (Å²) in [5.41, 5.74) is 4.01. The summed E-state index contributed by atoms with van der Waals surface area (Å²) in [6.07, 6.45) is 2.57. The van der Waals surface area contributed by atoms with Gasteiger partial charge in [-0.2, -0.15) is 0 Å². The number of carbonyl (C=O) groups excluding carboxylic acids is 3. The molecular formula is C25H23FN4O3S. The van der Waals surface area contributed by atoms with Gasteiger partial charge in [0.2, 0.25) is 11.8 Å². The van der Waals surface area contributed by atoms with E-state index < -0.39 is 5.82 Å². The largest absolute Gasteiger partial charge is 0.338 e. The topological polar surface area (TPSA) is 91.4 Å². The van der Waals surface area contributed by atoms with Crippen molar-refractivity contribution in [2.24, 2.45) is 5.92 Å². The van der Waals surface area contributed by atoms with Crippen LogP contribution in [0.5, 0.6) is 0 Å². The second-order valence-corrected chi connectivity index (χ2v) is 9.40. The molecule has 1 unspecified atom stereocenters. The number of benzene rings is 2. The Kier molecular flexibility index (Phi) is 6.10. The average Bonchev–Trinajstić information content (AvgIpc) is 3.32. The number of anilines is 2. The molecule has 0 saturated carbocycles. The Morgan fingerprint density at radius 2 is 1.97 bits per heavy atom. The van der Waals surface area contributed by atoms with Crippen molar-refractivity contribution in [3.8, 4) is 11.3 Å². The molecule has 2 aliphatic rings. The first-order valence-corrected chi connectivity index (χ1v) is 12.1. The van der Waals surface area contributed by atoms with Crippen LogP contribution in [-0.4, -0.2) is 40.7 Å². The van der Waals surface area contributed by atoms with Crippen molar-refractivity contribution >= 4 is 39.9 Å². The number of rotatable bonds is 4. The molecule has 1 saturated heterocycles. The van der Waals surface area contributed by atoms with Gasteiger partial charge >= 0.3 is 0 Å². The highest BCUT2D eigenvalue weighted by Crippen LogP contribution is 2.31. The third-order valence-corrected chi connectivity index (χ3v) is 6.96. The molecule has 2 aliphatic heterocycles. The van der Waals surface area contributed by atoms with Gasteiger partial charge in [0.25, 0.3) is 5.91 Å². The van der Waals surface area contributed by atoms with Crippen molar-refractivity contribution in [2.75, 3.05) is 23.7 Å². The second kappa shape index (κ2) is 9.34. The Morgan fingerprint density at radius 3 is 2.79 bits per heavy atom. The molecular weight excluding hydrogens is 455 g/mol. The third kappa shape index (κ3) is 4.70. The van der Waals surface area contributed by atoms with Crippen molar-refractivity contribution in [2.45, 2.75) is 25.7 Å². The van der Waals surface area contributed by atoms with E-state index in [9.17, 15) is 18.8 Å². The minimum Gasteiger partial charge on any atom is -0.338 e. The van der Waals surface area contributed by atoms with Crippen LogP contribution in [-0.2, 0) is 16.0 Å². The summed E-state index contributed by atoms with van der Waals surface area (Å²) in [4.78, 5) is 43.5. The molecule has 174 valence electrons. The maximum Gasteiger partial charge on any atom is 0.253 e. The van der Waals surface area contributed by atoms with E-state index in [1.807, 2.05) is 23.6 Å². The summed E-state index contributed by atoms with van der Waals surface area (Å²) in [5, 5.41) is 8.17. The fourth-order valence-electron chi connectivity index (χ4n) is 4.36. The maximum absolute atomic E-state index is 13.2. The van der Waals surface area contributed by atoms with Crippen LogP contribution in [0, 0.1) is 11.7 Å². The van der Waals surface area contributed by atoms with Crippen LogP contribution in [0.1, 0.15) is 35.2 Å². The van der Waals surface area contributed by atoms with Gasteiger partial charge in [-0.25, -0.2) is 9.37 Å². The number of fused-ring (bicyclic) bond motifs is 1. The molecule has 1 fully saturated rings. The molecule has 7 nitrogen and oxygen atoms in total. The molecule has 3 aromatic rings. The third-order valence-electron chi connectivity index (χ3n) is 6.20. The second-order valence-electron chi connectivity index (χ2n) is 8.54. The lowest BCUT2D eigenvalue weighted by Gasteiger charge is -2.32. The van der Waals surface area contributed by atoms with Crippen molar-refractivity contribution in [1.82, 2.24) is 9.88 Å². The smallest absolute Gasteiger partial charge is 0.253 e. The van der Waals surface area contributed by atoms with Crippen molar-refractivity contribution < 1.29 is 18.8 Å². The Labute approximate surface area is 200 Å². The zero-order valence-corrected chi connectivity index (χ0v) is 19.2. The minimum atomic E-state index is -0.391. The van der Waals surface area contributed by atoms with Crippen LogP contribution in [0.15, 0.2) is 47.8 Å². The number of piperidine rings is 1. The Bertz CT molecular complexity index is 1260. The van der Waals surface area contributed by atoms with E-state index in [0.717, 1.165) is 28.9 Å². The van der Waals surface area contributed by atoms with Gasteiger partial charge in [-0.3, -0.25) is 14.4 Å². The highest BCUT2D eigenvalue weighted by molar-refractivity contribution is 7.14. The van der Waals surface area contributed by atoms with E-state index in [0.29, 0.717) is 43.0 Å². The standard InChI is InChI=1S/C25H23FN4O3S/c26-19-7-3-15(4-8-19)24(33)30-11-1-2-18(13-30)23(32)29-25-28-21(14-34-25)17-5-9-20-16(12-17)6-10-22(31)27-20/h3-5,7-9,12,14,18H,1-2,6,10-11,13H2,(H,27,31)(H,28,29,32). The van der Waals surface area contributed by atoms with Crippen LogP contribution >= 0.6 is 11.3 Å². The number of likely N-dealkylation sites (tertiary alicyclic amines) is 1. The van der Waals surface area contributed by atoms with Crippen LogP contribution < -0.4 is 10.6 Å². The number of nitrogens with one attached hydrogen (secondary N) is 2. The van der Waals surface area contributed by atoms with Crippen LogP contribution in [0.3, 0.4) is 0 Å². The first-order valence-electron chi connectivity index (χ1n) is 11.2. The maximum atomic E-state index is 13.2. The molecule has 9 heteroatoms. The van der Waals surface area contributed by atoms with E-state index in [2.05, 4.69) is 15.6 Å². The number of hydrogen-bond donors (Lipinski definition) is 2. The van der Waals surface area contributed by atoms with Gasteiger partial charge in [-0.15, -0.1) is 11.3 Å². The summed E-state index contributed by atoms with van der Waals surface area (Å²) < 4.78 is 13.2. The molecule has 0 radical (unpaired) electrons. The van der Waals surface area contributed by atoms with Gasteiger partial charge in [0.1, 0.15) is 5.82 Å². The summed E-state index contributed by atoms with van der Waals surface area (Å²) in [5.74, 6) is -1.06. The molecule has 1 atom stereocenters. The fourth-order valence-corrected chi connectivity index (χ4v) is 5.09. The van der Waals surface area contributed by atoms with Crippen molar-refractivity contribution in [3.05, 3.63) is 64.8 Å². The van der Waals surface area contributed by atoms with Gasteiger partial charge in [0.05, 0.1) is 11.6 Å². The van der Waals surface area contributed by atoms with E-state index in [1.54, 1.807) is 4.90 Å². The Balaban J connectivity index is 1.23. The Hall–Kier alpha value is -3.59.